The van der Waals surface area contributed by atoms with Gasteiger partial charge in [-0.05, 0) is 30.3 Å². The number of hydrogen-bond donors (Lipinski definition) is 2. The van der Waals surface area contributed by atoms with Gasteiger partial charge in [-0.3, -0.25) is 14.6 Å². The first-order valence-corrected chi connectivity index (χ1v) is 10.6. The SMILES string of the molecule is O=C(Nc1scnc1C(=O)Nc1cccc(Oc2ccccc2)c1)c1cncc(C(F)(F)F)c1. The van der Waals surface area contributed by atoms with Gasteiger partial charge in [0.15, 0.2) is 5.69 Å². The van der Waals surface area contributed by atoms with E-state index in [9.17, 15) is 22.8 Å². The number of hydrogen-bond acceptors (Lipinski definition) is 6. The number of halogens is 3. The van der Waals surface area contributed by atoms with Gasteiger partial charge in [-0.1, -0.05) is 24.3 Å². The van der Waals surface area contributed by atoms with Crippen molar-refractivity contribution in [2.75, 3.05) is 10.6 Å². The van der Waals surface area contributed by atoms with Crippen LogP contribution < -0.4 is 15.4 Å². The summed E-state index contributed by atoms with van der Waals surface area (Å²) in [7, 11) is 0. The first kappa shape index (κ1) is 22.9. The van der Waals surface area contributed by atoms with Gasteiger partial charge in [-0.2, -0.15) is 13.2 Å². The van der Waals surface area contributed by atoms with Crippen LogP contribution in [0.5, 0.6) is 11.5 Å². The van der Waals surface area contributed by atoms with Crippen molar-refractivity contribution in [1.29, 1.82) is 0 Å². The molecule has 0 saturated carbocycles. The number of rotatable bonds is 6. The summed E-state index contributed by atoms with van der Waals surface area (Å²) in [5.74, 6) is -0.349. The lowest BCUT2D eigenvalue weighted by Crippen LogP contribution is -2.18. The molecular formula is C23H15F3N4O3S. The van der Waals surface area contributed by atoms with Gasteiger partial charge in [0.1, 0.15) is 16.5 Å². The first-order valence-electron chi connectivity index (χ1n) is 9.71. The van der Waals surface area contributed by atoms with Gasteiger partial charge in [0.2, 0.25) is 0 Å². The van der Waals surface area contributed by atoms with Crippen LogP contribution in [0.15, 0.2) is 78.6 Å². The fourth-order valence-corrected chi connectivity index (χ4v) is 3.52. The largest absolute Gasteiger partial charge is 0.457 e. The molecule has 2 aromatic heterocycles. The maximum Gasteiger partial charge on any atom is 0.417 e. The summed E-state index contributed by atoms with van der Waals surface area (Å²) < 4.78 is 44.4. The molecule has 4 aromatic rings. The average Bonchev–Trinajstić information content (AvgIpc) is 3.28. The second kappa shape index (κ2) is 9.71. The number of carbonyl (C=O) groups excluding carboxylic acids is 2. The Morgan fingerprint density at radius 2 is 1.65 bits per heavy atom. The molecule has 0 saturated heterocycles. The van der Waals surface area contributed by atoms with E-state index in [4.69, 9.17) is 4.74 Å². The number of thiazole rings is 1. The number of amides is 2. The summed E-state index contributed by atoms with van der Waals surface area (Å²) in [6.07, 6.45) is -3.01. The molecule has 34 heavy (non-hydrogen) atoms. The Morgan fingerprint density at radius 1 is 0.882 bits per heavy atom. The maximum absolute atomic E-state index is 12.9. The number of ether oxygens (including phenoxy) is 1. The number of nitrogens with one attached hydrogen (secondary N) is 2. The third kappa shape index (κ3) is 5.56. The van der Waals surface area contributed by atoms with Crippen molar-refractivity contribution >= 4 is 33.8 Å². The van der Waals surface area contributed by atoms with Crippen LogP contribution in [-0.2, 0) is 6.18 Å². The molecule has 0 unspecified atom stereocenters. The number of carbonyl (C=O) groups is 2. The number of para-hydroxylation sites is 1. The summed E-state index contributed by atoms with van der Waals surface area (Å²) in [6.45, 7) is 0. The lowest BCUT2D eigenvalue weighted by Gasteiger charge is -2.10. The second-order valence-corrected chi connectivity index (χ2v) is 7.70. The Hall–Kier alpha value is -4.25. The third-order valence-corrected chi connectivity index (χ3v) is 5.15. The Labute approximate surface area is 195 Å². The number of aromatic nitrogens is 2. The molecule has 0 aliphatic rings. The average molecular weight is 484 g/mol. The summed E-state index contributed by atoms with van der Waals surface area (Å²) in [4.78, 5) is 32.6. The van der Waals surface area contributed by atoms with Crippen LogP contribution in [0.3, 0.4) is 0 Å². The predicted octanol–water partition coefficient (Wildman–Crippen LogP) is 5.85. The van der Waals surface area contributed by atoms with E-state index in [0.717, 1.165) is 17.5 Å². The van der Waals surface area contributed by atoms with Crippen molar-refractivity contribution in [3.63, 3.8) is 0 Å². The zero-order chi connectivity index (χ0) is 24.1. The van der Waals surface area contributed by atoms with Gasteiger partial charge in [0.25, 0.3) is 11.8 Å². The van der Waals surface area contributed by atoms with Gasteiger partial charge in [-0.15, -0.1) is 11.3 Å². The molecule has 0 fully saturated rings. The Bertz CT molecular complexity index is 1330. The van der Waals surface area contributed by atoms with E-state index in [0.29, 0.717) is 29.4 Å². The van der Waals surface area contributed by atoms with Gasteiger partial charge < -0.3 is 15.4 Å². The van der Waals surface area contributed by atoms with Crippen LogP contribution in [0.25, 0.3) is 0 Å². The smallest absolute Gasteiger partial charge is 0.417 e. The standard InChI is InChI=1S/C23H15F3N4O3S/c24-23(25,26)15-9-14(11-27-12-15)20(31)30-22-19(28-13-34-22)21(32)29-16-5-4-8-18(10-16)33-17-6-2-1-3-7-17/h1-13H,(H,29,32)(H,30,31). The highest BCUT2D eigenvalue weighted by Crippen LogP contribution is 2.30. The summed E-state index contributed by atoms with van der Waals surface area (Å²) >= 11 is 0.955. The molecular weight excluding hydrogens is 469 g/mol. The number of nitrogens with zero attached hydrogens (tertiary/aromatic N) is 2. The minimum atomic E-state index is -4.64. The molecule has 2 N–H and O–H groups in total. The summed E-state index contributed by atoms with van der Waals surface area (Å²) in [5, 5.41) is 5.17. The molecule has 0 aliphatic heterocycles. The van der Waals surface area contributed by atoms with Crippen molar-refractivity contribution < 1.29 is 27.5 Å². The topological polar surface area (TPSA) is 93.2 Å². The van der Waals surface area contributed by atoms with Crippen LogP contribution in [0.4, 0.5) is 23.9 Å². The van der Waals surface area contributed by atoms with Gasteiger partial charge in [-0.25, -0.2) is 4.98 Å². The van der Waals surface area contributed by atoms with E-state index in [2.05, 4.69) is 20.6 Å². The van der Waals surface area contributed by atoms with E-state index in [1.165, 1.54) is 5.51 Å². The molecule has 0 atom stereocenters. The van der Waals surface area contributed by atoms with E-state index in [1.54, 1.807) is 36.4 Å². The minimum Gasteiger partial charge on any atom is -0.457 e. The van der Waals surface area contributed by atoms with E-state index in [-0.39, 0.29) is 16.3 Å². The van der Waals surface area contributed by atoms with E-state index in [1.807, 2.05) is 18.2 Å². The van der Waals surface area contributed by atoms with Crippen LogP contribution in [0.2, 0.25) is 0 Å². The van der Waals surface area contributed by atoms with Crippen molar-refractivity contribution in [1.82, 2.24) is 9.97 Å². The Balaban J connectivity index is 1.46. The summed E-state index contributed by atoms with van der Waals surface area (Å²) in [6, 6.07) is 16.4. The number of pyridine rings is 1. The molecule has 172 valence electrons. The minimum absolute atomic E-state index is 0.0802. The number of benzene rings is 2. The van der Waals surface area contributed by atoms with Crippen LogP contribution in [0.1, 0.15) is 26.4 Å². The zero-order valence-corrected chi connectivity index (χ0v) is 18.0. The molecule has 2 aromatic carbocycles. The third-order valence-electron chi connectivity index (χ3n) is 4.41. The fourth-order valence-electron chi connectivity index (χ4n) is 2.84. The van der Waals surface area contributed by atoms with Crippen molar-refractivity contribution in [3.05, 3.63) is 95.4 Å². The molecule has 0 bridgehead atoms. The van der Waals surface area contributed by atoms with Crippen molar-refractivity contribution in [2.24, 2.45) is 0 Å². The maximum atomic E-state index is 12.9. The van der Waals surface area contributed by atoms with Crippen molar-refractivity contribution in [3.8, 4) is 11.5 Å². The Morgan fingerprint density at radius 3 is 2.41 bits per heavy atom. The molecule has 0 radical (unpaired) electrons. The lowest BCUT2D eigenvalue weighted by atomic mass is 10.2. The molecule has 0 aliphatic carbocycles. The highest BCUT2D eigenvalue weighted by Gasteiger charge is 2.31. The highest BCUT2D eigenvalue weighted by molar-refractivity contribution is 7.14. The number of anilines is 2. The lowest BCUT2D eigenvalue weighted by molar-refractivity contribution is -0.137. The highest BCUT2D eigenvalue weighted by atomic mass is 32.1. The van der Waals surface area contributed by atoms with E-state index < -0.39 is 23.6 Å². The first-order chi connectivity index (χ1) is 16.3. The Kier molecular flexibility index (Phi) is 6.55. The van der Waals surface area contributed by atoms with Crippen LogP contribution >= 0.6 is 11.3 Å². The van der Waals surface area contributed by atoms with Crippen molar-refractivity contribution in [2.45, 2.75) is 6.18 Å². The van der Waals surface area contributed by atoms with Gasteiger partial charge >= 0.3 is 6.18 Å². The van der Waals surface area contributed by atoms with Gasteiger partial charge in [0.05, 0.1) is 16.6 Å². The monoisotopic (exact) mass is 484 g/mol. The molecule has 4 rings (SSSR count). The predicted molar refractivity (Wildman–Crippen MR) is 120 cm³/mol. The van der Waals surface area contributed by atoms with E-state index >= 15 is 0 Å². The fraction of sp³-hybridized carbons (Fsp3) is 0.0435. The zero-order valence-electron chi connectivity index (χ0n) is 17.2. The molecule has 2 heterocycles. The number of alkyl halides is 3. The van der Waals surface area contributed by atoms with Crippen LogP contribution in [0, 0.1) is 0 Å². The quantitative estimate of drug-likeness (QED) is 0.358. The normalized spacial score (nSPS) is 11.0. The summed E-state index contributed by atoms with van der Waals surface area (Å²) in [5.41, 5.74) is 0.308. The molecule has 0 spiro atoms. The van der Waals surface area contributed by atoms with Gasteiger partial charge in [0, 0.05) is 24.1 Å². The molecule has 2 amide bonds. The molecule has 7 nitrogen and oxygen atoms in total. The second-order valence-electron chi connectivity index (χ2n) is 6.84. The van der Waals surface area contributed by atoms with Crippen LogP contribution in [-0.4, -0.2) is 21.8 Å². The molecule has 11 heteroatoms.